The van der Waals surface area contributed by atoms with Gasteiger partial charge in [0.15, 0.2) is 8.32 Å². The normalized spacial score (nSPS) is 12.5. The number of nitrogens with zero attached hydrogens (tertiary/aromatic N) is 2. The van der Waals surface area contributed by atoms with Crippen LogP contribution in [-0.2, 0) is 4.43 Å². The first-order valence-corrected chi connectivity index (χ1v) is 10.7. The molecular weight excluding hydrogens is 336 g/mol. The van der Waals surface area contributed by atoms with E-state index in [9.17, 15) is 0 Å². The van der Waals surface area contributed by atoms with Gasteiger partial charge in [0.25, 0.3) is 0 Å². The van der Waals surface area contributed by atoms with Gasteiger partial charge >= 0.3 is 0 Å². The minimum atomic E-state index is -1.60. The van der Waals surface area contributed by atoms with Gasteiger partial charge in [0, 0.05) is 12.7 Å². The van der Waals surface area contributed by atoms with Gasteiger partial charge in [-0.05, 0) is 53.0 Å². The van der Waals surface area contributed by atoms with Crippen LogP contribution < -0.4 is 4.74 Å². The van der Waals surface area contributed by atoms with Crippen molar-refractivity contribution in [2.75, 3.05) is 13.2 Å². The molecule has 1 rings (SSSR count). The van der Waals surface area contributed by atoms with Crippen molar-refractivity contribution >= 4 is 24.2 Å². The summed E-state index contributed by atoms with van der Waals surface area (Å²) in [5, 5.41) is 8.07. The van der Waals surface area contributed by atoms with E-state index in [1.807, 2.05) is 12.1 Å². The highest BCUT2D eigenvalue weighted by Gasteiger charge is 2.36. The van der Waals surface area contributed by atoms with Crippen LogP contribution in [0.1, 0.15) is 33.6 Å². The fraction of sp³-hybridized carbons (Fsp3) is 0.714. The maximum absolute atomic E-state index is 6.11. The van der Waals surface area contributed by atoms with Crippen LogP contribution >= 0.6 is 15.9 Å². The van der Waals surface area contributed by atoms with Crippen LogP contribution in [0.2, 0.25) is 18.1 Å². The molecule has 0 aliphatic carbocycles. The molecule has 114 valence electrons. The molecule has 0 saturated heterocycles. The minimum Gasteiger partial charge on any atom is -0.477 e. The highest BCUT2D eigenvalue weighted by molar-refractivity contribution is 9.10. The van der Waals surface area contributed by atoms with Gasteiger partial charge in [-0.15, -0.1) is 10.2 Å². The van der Waals surface area contributed by atoms with Gasteiger partial charge in [0.1, 0.15) is 4.60 Å². The highest BCUT2D eigenvalue weighted by atomic mass is 79.9. The van der Waals surface area contributed by atoms with Gasteiger partial charge in [-0.25, -0.2) is 0 Å². The maximum atomic E-state index is 6.11. The number of rotatable bonds is 7. The monoisotopic (exact) mass is 360 g/mol. The third-order valence-corrected chi connectivity index (χ3v) is 8.63. The Balaban J connectivity index is 2.15. The quantitative estimate of drug-likeness (QED) is 0.533. The molecular formula is C14H25BrN2O2Si. The van der Waals surface area contributed by atoms with Crippen molar-refractivity contribution in [3.8, 4) is 5.88 Å². The molecule has 4 nitrogen and oxygen atoms in total. The van der Waals surface area contributed by atoms with Gasteiger partial charge in [0.05, 0.1) is 6.61 Å². The third-order valence-electron chi connectivity index (χ3n) is 3.67. The van der Waals surface area contributed by atoms with Crippen molar-refractivity contribution in [1.82, 2.24) is 10.2 Å². The van der Waals surface area contributed by atoms with E-state index in [-0.39, 0.29) is 5.04 Å². The molecule has 0 bridgehead atoms. The summed E-state index contributed by atoms with van der Waals surface area (Å²) in [5.74, 6) is 0.568. The van der Waals surface area contributed by atoms with E-state index in [1.54, 1.807) is 0 Å². The van der Waals surface area contributed by atoms with Crippen LogP contribution in [0.4, 0.5) is 0 Å². The van der Waals surface area contributed by atoms with E-state index >= 15 is 0 Å². The average Bonchev–Trinajstić information content (AvgIpc) is 2.34. The standard InChI is InChI=1S/C14H25BrN2O2Si/c1-14(2,3)20(4,5)19-11-7-6-10-18-13-9-8-12(15)16-17-13/h8-9H,6-7,10-11H2,1-5H3. The number of hydrogen-bond donors (Lipinski definition) is 0. The Morgan fingerprint density at radius 1 is 1.10 bits per heavy atom. The van der Waals surface area contributed by atoms with Gasteiger partial charge in [-0.2, -0.15) is 0 Å². The highest BCUT2D eigenvalue weighted by Crippen LogP contribution is 2.36. The summed E-state index contributed by atoms with van der Waals surface area (Å²) in [6.07, 6.45) is 1.98. The Labute approximate surface area is 131 Å². The van der Waals surface area contributed by atoms with E-state index in [0.29, 0.717) is 17.1 Å². The molecule has 0 N–H and O–H groups in total. The minimum absolute atomic E-state index is 0.274. The SMILES string of the molecule is CC(C)(C)[Si](C)(C)OCCCCOc1ccc(Br)nn1. The summed E-state index contributed by atoms with van der Waals surface area (Å²) >= 11 is 3.24. The number of hydrogen-bond acceptors (Lipinski definition) is 4. The summed E-state index contributed by atoms with van der Waals surface area (Å²) in [5.41, 5.74) is 0. The third kappa shape index (κ3) is 5.89. The molecule has 0 aromatic carbocycles. The zero-order valence-corrected chi connectivity index (χ0v) is 15.7. The van der Waals surface area contributed by atoms with Crippen molar-refractivity contribution in [2.45, 2.75) is 51.7 Å². The summed E-state index contributed by atoms with van der Waals surface area (Å²) < 4.78 is 12.3. The number of unbranched alkanes of at least 4 members (excludes halogenated alkanes) is 1. The smallest absolute Gasteiger partial charge is 0.233 e. The van der Waals surface area contributed by atoms with Gasteiger partial charge in [0.2, 0.25) is 5.88 Å². The predicted molar refractivity (Wildman–Crippen MR) is 87.6 cm³/mol. The molecule has 0 atom stereocenters. The Hall–Kier alpha value is -0.463. The van der Waals surface area contributed by atoms with Crippen molar-refractivity contribution in [2.24, 2.45) is 0 Å². The van der Waals surface area contributed by atoms with E-state index in [0.717, 1.165) is 19.4 Å². The molecule has 1 heterocycles. The second kappa shape index (κ2) is 7.52. The van der Waals surface area contributed by atoms with Crippen molar-refractivity contribution in [3.63, 3.8) is 0 Å². The van der Waals surface area contributed by atoms with Crippen LogP contribution in [0.5, 0.6) is 5.88 Å². The van der Waals surface area contributed by atoms with Crippen molar-refractivity contribution < 1.29 is 9.16 Å². The molecule has 0 amide bonds. The fourth-order valence-corrected chi connectivity index (χ4v) is 2.60. The lowest BCUT2D eigenvalue weighted by Crippen LogP contribution is -2.41. The molecule has 1 aromatic heterocycles. The van der Waals surface area contributed by atoms with Gasteiger partial charge in [-0.3, -0.25) is 0 Å². The molecule has 1 aromatic rings. The largest absolute Gasteiger partial charge is 0.477 e. The Kier molecular flexibility index (Phi) is 6.61. The first-order valence-electron chi connectivity index (χ1n) is 6.98. The van der Waals surface area contributed by atoms with Crippen molar-refractivity contribution in [1.29, 1.82) is 0 Å². The number of aromatic nitrogens is 2. The average molecular weight is 361 g/mol. The molecule has 0 aliphatic heterocycles. The molecule has 20 heavy (non-hydrogen) atoms. The van der Waals surface area contributed by atoms with Crippen LogP contribution in [0.15, 0.2) is 16.7 Å². The molecule has 0 saturated carbocycles. The summed E-state index contributed by atoms with van der Waals surface area (Å²) in [6, 6.07) is 3.63. The molecule has 0 radical (unpaired) electrons. The van der Waals surface area contributed by atoms with E-state index in [1.165, 1.54) is 0 Å². The molecule has 0 aliphatic rings. The molecule has 0 spiro atoms. The van der Waals surface area contributed by atoms with Crippen molar-refractivity contribution in [3.05, 3.63) is 16.7 Å². The Morgan fingerprint density at radius 3 is 2.30 bits per heavy atom. The van der Waals surface area contributed by atoms with Crippen LogP contribution in [0, 0.1) is 0 Å². The lowest BCUT2D eigenvalue weighted by molar-refractivity contribution is 0.247. The number of ether oxygens (including phenoxy) is 1. The second-order valence-electron chi connectivity index (χ2n) is 6.36. The van der Waals surface area contributed by atoms with Crippen LogP contribution in [-0.4, -0.2) is 31.7 Å². The van der Waals surface area contributed by atoms with E-state index in [2.05, 4.69) is 60.0 Å². The first kappa shape index (κ1) is 17.6. The van der Waals surface area contributed by atoms with Gasteiger partial charge in [-0.1, -0.05) is 20.8 Å². The summed E-state index contributed by atoms with van der Waals surface area (Å²) in [6.45, 7) is 12.8. The van der Waals surface area contributed by atoms with Crippen LogP contribution in [0.25, 0.3) is 0 Å². The molecule has 6 heteroatoms. The lowest BCUT2D eigenvalue weighted by atomic mass is 10.2. The Bertz CT molecular complexity index is 405. The Morgan fingerprint density at radius 2 is 1.75 bits per heavy atom. The van der Waals surface area contributed by atoms with Gasteiger partial charge < -0.3 is 9.16 Å². The first-order chi connectivity index (χ1) is 9.22. The van der Waals surface area contributed by atoms with E-state index in [4.69, 9.17) is 9.16 Å². The topological polar surface area (TPSA) is 44.2 Å². The zero-order valence-electron chi connectivity index (χ0n) is 13.1. The lowest BCUT2D eigenvalue weighted by Gasteiger charge is -2.36. The fourth-order valence-electron chi connectivity index (χ4n) is 1.31. The summed E-state index contributed by atoms with van der Waals surface area (Å²) in [4.78, 5) is 0. The number of halogens is 1. The molecule has 0 unspecified atom stereocenters. The second-order valence-corrected chi connectivity index (χ2v) is 12.0. The van der Waals surface area contributed by atoms with Crippen LogP contribution in [0.3, 0.4) is 0 Å². The van der Waals surface area contributed by atoms with E-state index < -0.39 is 8.32 Å². The maximum Gasteiger partial charge on any atom is 0.233 e. The predicted octanol–water partition coefficient (Wildman–Crippen LogP) is 4.42. The summed E-state index contributed by atoms with van der Waals surface area (Å²) in [7, 11) is -1.60. The zero-order chi connectivity index (χ0) is 15.2. The molecule has 0 fully saturated rings.